The molecule has 1 heterocycles. The average Bonchev–Trinajstić information content (AvgIpc) is 2.52. The van der Waals surface area contributed by atoms with Crippen LogP contribution in [0.3, 0.4) is 0 Å². The molecule has 0 spiro atoms. The van der Waals surface area contributed by atoms with E-state index in [-0.39, 0.29) is 17.7 Å². The number of amides is 1. The largest absolute Gasteiger partial charge is 0.375 e. The Kier molecular flexibility index (Phi) is 5.05. The molecule has 1 atom stereocenters. The SMILES string of the molecule is CCC1CN(C(=O)/C=C/c2ccccc2[N+](=O)[O-])CCO1. The van der Waals surface area contributed by atoms with Crippen molar-refractivity contribution >= 4 is 17.7 Å². The van der Waals surface area contributed by atoms with E-state index in [2.05, 4.69) is 0 Å². The maximum atomic E-state index is 12.1. The molecule has 1 amide bonds. The molecule has 0 aliphatic carbocycles. The summed E-state index contributed by atoms with van der Waals surface area (Å²) in [5.74, 6) is -0.144. The number of nitro benzene ring substituents is 1. The number of hydrogen-bond donors (Lipinski definition) is 0. The molecule has 1 aliphatic heterocycles. The van der Waals surface area contributed by atoms with E-state index in [9.17, 15) is 14.9 Å². The van der Waals surface area contributed by atoms with E-state index < -0.39 is 4.92 Å². The van der Waals surface area contributed by atoms with Gasteiger partial charge in [0.25, 0.3) is 5.69 Å². The highest BCUT2D eigenvalue weighted by Gasteiger charge is 2.21. The highest BCUT2D eigenvalue weighted by atomic mass is 16.6. The molecule has 0 radical (unpaired) electrons. The fourth-order valence-electron chi connectivity index (χ4n) is 2.23. The summed E-state index contributed by atoms with van der Waals surface area (Å²) in [5, 5.41) is 10.9. The number of morpholine rings is 1. The molecular weight excluding hydrogens is 272 g/mol. The lowest BCUT2D eigenvalue weighted by Crippen LogP contribution is -2.44. The van der Waals surface area contributed by atoms with E-state index in [1.807, 2.05) is 6.92 Å². The average molecular weight is 290 g/mol. The Bertz CT molecular complexity index is 556. The number of carbonyl (C=O) groups excluding carboxylic acids is 1. The fraction of sp³-hybridized carbons (Fsp3) is 0.400. The molecule has 1 fully saturated rings. The lowest BCUT2D eigenvalue weighted by Gasteiger charge is -2.31. The molecule has 1 unspecified atom stereocenters. The van der Waals surface area contributed by atoms with Gasteiger partial charge in [-0.1, -0.05) is 19.1 Å². The molecule has 21 heavy (non-hydrogen) atoms. The van der Waals surface area contributed by atoms with Crippen molar-refractivity contribution in [3.05, 3.63) is 46.0 Å². The van der Waals surface area contributed by atoms with Crippen LogP contribution in [-0.4, -0.2) is 41.5 Å². The molecule has 0 N–H and O–H groups in total. The highest BCUT2D eigenvalue weighted by Crippen LogP contribution is 2.19. The minimum atomic E-state index is -0.452. The van der Waals surface area contributed by atoms with Crippen LogP contribution >= 0.6 is 0 Å². The summed E-state index contributed by atoms with van der Waals surface area (Å²) >= 11 is 0. The number of hydrogen-bond acceptors (Lipinski definition) is 4. The predicted molar refractivity (Wildman–Crippen MR) is 78.7 cm³/mol. The lowest BCUT2D eigenvalue weighted by molar-refractivity contribution is -0.385. The Balaban J connectivity index is 2.07. The Morgan fingerprint density at radius 3 is 3.00 bits per heavy atom. The molecule has 6 heteroatoms. The number of carbonyl (C=O) groups is 1. The van der Waals surface area contributed by atoms with Crippen molar-refractivity contribution in [2.24, 2.45) is 0 Å². The molecule has 6 nitrogen and oxygen atoms in total. The molecule has 0 aromatic heterocycles. The number of benzene rings is 1. The van der Waals surface area contributed by atoms with Gasteiger partial charge in [0.2, 0.25) is 5.91 Å². The van der Waals surface area contributed by atoms with Crippen molar-refractivity contribution in [3.63, 3.8) is 0 Å². The lowest BCUT2D eigenvalue weighted by atomic mass is 10.1. The molecular formula is C15H18N2O4. The van der Waals surface area contributed by atoms with Crippen molar-refractivity contribution in [1.29, 1.82) is 0 Å². The zero-order valence-electron chi connectivity index (χ0n) is 11.9. The van der Waals surface area contributed by atoms with Crippen molar-refractivity contribution in [1.82, 2.24) is 4.90 Å². The van der Waals surface area contributed by atoms with Crippen LogP contribution in [0.5, 0.6) is 0 Å². The van der Waals surface area contributed by atoms with Crippen molar-refractivity contribution < 1.29 is 14.5 Å². The van der Waals surface area contributed by atoms with E-state index in [0.717, 1.165) is 6.42 Å². The molecule has 1 aromatic rings. The summed E-state index contributed by atoms with van der Waals surface area (Å²) in [6, 6.07) is 6.35. The van der Waals surface area contributed by atoms with Crippen LogP contribution in [0, 0.1) is 10.1 Å². The van der Waals surface area contributed by atoms with Crippen LogP contribution in [-0.2, 0) is 9.53 Å². The first kappa shape index (κ1) is 15.2. The normalized spacial score (nSPS) is 18.9. The summed E-state index contributed by atoms with van der Waals surface area (Å²) in [7, 11) is 0. The van der Waals surface area contributed by atoms with Crippen molar-refractivity contribution in [2.45, 2.75) is 19.4 Å². The quantitative estimate of drug-likeness (QED) is 0.484. The standard InChI is InChI=1S/C15H18N2O4/c1-2-13-11-16(9-10-21-13)15(18)8-7-12-5-3-4-6-14(12)17(19)20/h3-8,13H,2,9-11H2,1H3/b8-7+. The number of para-hydroxylation sites is 1. The highest BCUT2D eigenvalue weighted by molar-refractivity contribution is 5.92. The molecule has 1 aliphatic rings. The van der Waals surface area contributed by atoms with Gasteiger partial charge in [-0.25, -0.2) is 0 Å². The van der Waals surface area contributed by atoms with E-state index >= 15 is 0 Å². The van der Waals surface area contributed by atoms with E-state index in [1.165, 1.54) is 18.2 Å². The van der Waals surface area contributed by atoms with Gasteiger partial charge in [-0.3, -0.25) is 14.9 Å². The third-order valence-corrected chi connectivity index (χ3v) is 3.44. The van der Waals surface area contributed by atoms with Gasteiger partial charge in [0.1, 0.15) is 0 Å². The fourth-order valence-corrected chi connectivity index (χ4v) is 2.23. The minimum absolute atomic E-state index is 0.00466. The maximum Gasteiger partial charge on any atom is 0.276 e. The molecule has 0 bridgehead atoms. The number of nitro groups is 1. The Morgan fingerprint density at radius 1 is 1.52 bits per heavy atom. The third-order valence-electron chi connectivity index (χ3n) is 3.44. The van der Waals surface area contributed by atoms with Gasteiger partial charge in [-0.15, -0.1) is 0 Å². The van der Waals surface area contributed by atoms with Crippen LogP contribution in [0.4, 0.5) is 5.69 Å². The zero-order chi connectivity index (χ0) is 15.2. The number of ether oxygens (including phenoxy) is 1. The summed E-state index contributed by atoms with van der Waals surface area (Å²) in [4.78, 5) is 24.3. The Labute approximate surface area is 123 Å². The van der Waals surface area contributed by atoms with Crippen molar-refractivity contribution in [2.75, 3.05) is 19.7 Å². The summed E-state index contributed by atoms with van der Waals surface area (Å²) < 4.78 is 5.51. The number of rotatable bonds is 4. The molecule has 112 valence electrons. The van der Waals surface area contributed by atoms with Crippen LogP contribution in [0.1, 0.15) is 18.9 Å². The van der Waals surface area contributed by atoms with Gasteiger partial charge in [-0.2, -0.15) is 0 Å². The van der Waals surface area contributed by atoms with E-state index in [4.69, 9.17) is 4.74 Å². The number of nitrogens with zero attached hydrogens (tertiary/aromatic N) is 2. The first-order valence-corrected chi connectivity index (χ1v) is 6.93. The van der Waals surface area contributed by atoms with Crippen LogP contribution in [0.25, 0.3) is 6.08 Å². The zero-order valence-corrected chi connectivity index (χ0v) is 11.9. The molecule has 1 aromatic carbocycles. The van der Waals surface area contributed by atoms with Crippen molar-refractivity contribution in [3.8, 4) is 0 Å². The second kappa shape index (κ2) is 6.99. The van der Waals surface area contributed by atoms with E-state index in [1.54, 1.807) is 23.1 Å². The van der Waals surface area contributed by atoms with Gasteiger partial charge >= 0.3 is 0 Å². The molecule has 2 rings (SSSR count). The monoisotopic (exact) mass is 290 g/mol. The first-order valence-electron chi connectivity index (χ1n) is 6.93. The van der Waals surface area contributed by atoms with E-state index in [0.29, 0.717) is 25.3 Å². The van der Waals surface area contributed by atoms with Crippen LogP contribution < -0.4 is 0 Å². The molecule has 1 saturated heterocycles. The van der Waals surface area contributed by atoms with Gasteiger partial charge in [-0.05, 0) is 18.6 Å². The minimum Gasteiger partial charge on any atom is -0.375 e. The van der Waals surface area contributed by atoms with Gasteiger partial charge in [0.15, 0.2) is 0 Å². The predicted octanol–water partition coefficient (Wildman–Crippen LogP) is 2.25. The third kappa shape index (κ3) is 3.88. The Morgan fingerprint density at radius 2 is 2.29 bits per heavy atom. The second-order valence-electron chi connectivity index (χ2n) is 4.83. The molecule has 0 saturated carbocycles. The van der Waals surface area contributed by atoms with Gasteiger partial charge in [0, 0.05) is 25.2 Å². The Hall–Kier alpha value is -2.21. The van der Waals surface area contributed by atoms with Gasteiger partial charge in [0.05, 0.1) is 23.2 Å². The second-order valence-corrected chi connectivity index (χ2v) is 4.83. The first-order chi connectivity index (χ1) is 10.1. The maximum absolute atomic E-state index is 12.1. The van der Waals surface area contributed by atoms with Gasteiger partial charge < -0.3 is 9.64 Å². The smallest absolute Gasteiger partial charge is 0.276 e. The summed E-state index contributed by atoms with van der Waals surface area (Å²) in [6.45, 7) is 3.67. The van der Waals surface area contributed by atoms with Crippen LogP contribution in [0.15, 0.2) is 30.3 Å². The van der Waals surface area contributed by atoms with Crippen LogP contribution in [0.2, 0.25) is 0 Å². The summed E-state index contributed by atoms with van der Waals surface area (Å²) in [5.41, 5.74) is 0.422. The topological polar surface area (TPSA) is 72.7 Å². The summed E-state index contributed by atoms with van der Waals surface area (Å²) in [6.07, 6.45) is 3.82.